The highest BCUT2D eigenvalue weighted by Gasteiger charge is 2.35. The molecule has 24 heavy (non-hydrogen) atoms. The minimum Gasteiger partial charge on any atom is -0.342 e. The zero-order chi connectivity index (χ0) is 16.6. The van der Waals surface area contributed by atoms with Crippen LogP contribution in [0.15, 0.2) is 53.4 Å². The monoisotopic (exact) mass is 385 g/mol. The predicted molar refractivity (Wildman–Crippen MR) is 99.3 cm³/mol. The molecule has 0 atom stereocenters. The number of rotatable bonds is 3. The minimum absolute atomic E-state index is 0.0706. The first-order chi connectivity index (χ1) is 11.7. The van der Waals surface area contributed by atoms with Crippen LogP contribution in [-0.4, -0.2) is 34.0 Å². The van der Waals surface area contributed by atoms with E-state index in [1.807, 2.05) is 23.0 Å². The van der Waals surface area contributed by atoms with Gasteiger partial charge in [0.2, 0.25) is 5.95 Å². The number of imidazole rings is 1. The molecule has 3 heterocycles. The molecule has 2 aromatic heterocycles. The molecule has 0 bridgehead atoms. The molecule has 0 saturated carbocycles. The third-order valence-corrected chi connectivity index (χ3v) is 5.70. The highest BCUT2D eigenvalue weighted by Crippen LogP contribution is 2.36. The van der Waals surface area contributed by atoms with E-state index in [-0.39, 0.29) is 5.41 Å². The lowest BCUT2D eigenvalue weighted by atomic mass is 9.73. The lowest BCUT2D eigenvalue weighted by Crippen LogP contribution is -2.47. The fourth-order valence-corrected chi connectivity index (χ4v) is 4.04. The van der Waals surface area contributed by atoms with Gasteiger partial charge in [0.1, 0.15) is 0 Å². The summed E-state index contributed by atoms with van der Waals surface area (Å²) in [6.07, 6.45) is 7.66. The van der Waals surface area contributed by atoms with Crippen LogP contribution in [0.2, 0.25) is 0 Å². The van der Waals surface area contributed by atoms with Crippen LogP contribution in [-0.2, 0) is 5.41 Å². The second-order valence-electron chi connectivity index (χ2n) is 6.36. The number of benzene rings is 1. The number of anilines is 1. The van der Waals surface area contributed by atoms with Gasteiger partial charge in [0.05, 0.1) is 4.47 Å². The van der Waals surface area contributed by atoms with Crippen molar-refractivity contribution in [3.8, 4) is 0 Å². The van der Waals surface area contributed by atoms with E-state index < -0.39 is 0 Å². The maximum absolute atomic E-state index is 6.19. The Morgan fingerprint density at radius 3 is 2.58 bits per heavy atom. The molecule has 1 aliphatic heterocycles. The van der Waals surface area contributed by atoms with Gasteiger partial charge in [-0.1, -0.05) is 30.3 Å². The van der Waals surface area contributed by atoms with Gasteiger partial charge >= 0.3 is 0 Å². The molecule has 1 aliphatic rings. The zero-order valence-electron chi connectivity index (χ0n) is 13.4. The molecule has 0 amide bonds. The molecule has 0 aliphatic carbocycles. The van der Waals surface area contributed by atoms with Gasteiger partial charge in [-0.05, 0) is 34.3 Å². The summed E-state index contributed by atoms with van der Waals surface area (Å²) in [6, 6.07) is 10.7. The first-order valence-corrected chi connectivity index (χ1v) is 9.01. The number of hydrogen-bond acceptors (Lipinski definition) is 4. The fourth-order valence-electron chi connectivity index (χ4n) is 3.65. The summed E-state index contributed by atoms with van der Waals surface area (Å²) in [5, 5.41) is 0. The van der Waals surface area contributed by atoms with E-state index >= 15 is 0 Å². The van der Waals surface area contributed by atoms with Gasteiger partial charge in [-0.15, -0.1) is 0 Å². The lowest BCUT2D eigenvalue weighted by Gasteiger charge is -2.42. The molecule has 1 saturated heterocycles. The molecule has 0 radical (unpaired) electrons. The van der Waals surface area contributed by atoms with Crippen LogP contribution in [0.1, 0.15) is 18.4 Å². The van der Waals surface area contributed by atoms with Crippen molar-refractivity contribution in [1.29, 1.82) is 0 Å². The van der Waals surface area contributed by atoms with Gasteiger partial charge in [0, 0.05) is 43.6 Å². The Morgan fingerprint density at radius 1 is 1.12 bits per heavy atom. The van der Waals surface area contributed by atoms with E-state index in [0.717, 1.165) is 42.0 Å². The van der Waals surface area contributed by atoms with Gasteiger partial charge in [0.25, 0.3) is 0 Å². The fraction of sp³-hybridized carbons (Fsp3) is 0.333. The van der Waals surface area contributed by atoms with Gasteiger partial charge in [0.15, 0.2) is 5.65 Å². The normalized spacial score (nSPS) is 17.3. The maximum atomic E-state index is 6.19. The molecular weight excluding hydrogens is 366 g/mol. The molecule has 0 spiro atoms. The van der Waals surface area contributed by atoms with Crippen molar-refractivity contribution in [3.63, 3.8) is 0 Å². The number of halogens is 1. The van der Waals surface area contributed by atoms with Gasteiger partial charge < -0.3 is 10.6 Å². The van der Waals surface area contributed by atoms with Crippen molar-refractivity contribution in [2.24, 2.45) is 5.73 Å². The van der Waals surface area contributed by atoms with Crippen molar-refractivity contribution in [2.75, 3.05) is 24.5 Å². The summed E-state index contributed by atoms with van der Waals surface area (Å²) >= 11 is 3.51. The molecule has 1 aromatic carbocycles. The van der Waals surface area contributed by atoms with Gasteiger partial charge in [-0.2, -0.15) is 0 Å². The summed E-state index contributed by atoms with van der Waals surface area (Å²) in [5.74, 6) is 0.949. The van der Waals surface area contributed by atoms with E-state index in [9.17, 15) is 0 Å². The number of nitrogens with two attached hydrogens (primary N) is 1. The molecule has 1 fully saturated rings. The standard InChI is InChI=1S/C18H20BrN5/c19-15-12-22-17(24-11-8-21-16(15)24)23-9-6-18(13-20,7-10-23)14-4-2-1-3-5-14/h1-5,8,11-12H,6-7,9-10,13,20H2. The summed E-state index contributed by atoms with van der Waals surface area (Å²) in [4.78, 5) is 11.3. The predicted octanol–water partition coefficient (Wildman–Crippen LogP) is 2.99. The largest absolute Gasteiger partial charge is 0.342 e. The molecule has 4 rings (SSSR count). The van der Waals surface area contributed by atoms with Crippen LogP contribution in [0.3, 0.4) is 0 Å². The summed E-state index contributed by atoms with van der Waals surface area (Å²) in [6.45, 7) is 2.56. The Morgan fingerprint density at radius 2 is 1.88 bits per heavy atom. The molecular formula is C18H20BrN5. The lowest BCUT2D eigenvalue weighted by molar-refractivity contribution is 0.337. The molecule has 124 valence electrons. The van der Waals surface area contributed by atoms with Crippen LogP contribution in [0.4, 0.5) is 5.95 Å². The third-order valence-electron chi connectivity index (χ3n) is 5.14. The highest BCUT2D eigenvalue weighted by molar-refractivity contribution is 9.10. The van der Waals surface area contributed by atoms with Gasteiger partial charge in [-0.25, -0.2) is 9.97 Å². The van der Waals surface area contributed by atoms with Crippen LogP contribution >= 0.6 is 15.9 Å². The second kappa shape index (κ2) is 6.18. The number of hydrogen-bond donors (Lipinski definition) is 1. The second-order valence-corrected chi connectivity index (χ2v) is 7.22. The minimum atomic E-state index is 0.0706. The average molecular weight is 386 g/mol. The number of fused-ring (bicyclic) bond motifs is 1. The smallest absolute Gasteiger partial charge is 0.211 e. The molecule has 6 heteroatoms. The van der Waals surface area contributed by atoms with E-state index in [2.05, 4.69) is 61.1 Å². The Kier molecular flexibility index (Phi) is 4.02. The summed E-state index contributed by atoms with van der Waals surface area (Å²) in [7, 11) is 0. The van der Waals surface area contributed by atoms with Crippen molar-refractivity contribution >= 4 is 27.5 Å². The van der Waals surface area contributed by atoms with E-state index in [0.29, 0.717) is 6.54 Å². The molecule has 5 nitrogen and oxygen atoms in total. The number of nitrogens with zero attached hydrogens (tertiary/aromatic N) is 4. The van der Waals surface area contributed by atoms with Gasteiger partial charge in [-0.3, -0.25) is 4.40 Å². The van der Waals surface area contributed by atoms with Crippen molar-refractivity contribution < 1.29 is 0 Å². The Balaban J connectivity index is 1.61. The zero-order valence-corrected chi connectivity index (χ0v) is 15.0. The first-order valence-electron chi connectivity index (χ1n) is 8.22. The third kappa shape index (κ3) is 2.50. The Labute approximate surface area is 149 Å². The number of piperidine rings is 1. The molecule has 2 N–H and O–H groups in total. The SMILES string of the molecule is NCC1(c2ccccc2)CCN(c2ncc(Br)c3nccn23)CC1. The highest BCUT2D eigenvalue weighted by atomic mass is 79.9. The summed E-state index contributed by atoms with van der Waals surface area (Å²) in [5.41, 5.74) is 8.52. The quantitative estimate of drug-likeness (QED) is 0.752. The van der Waals surface area contributed by atoms with Crippen molar-refractivity contribution in [1.82, 2.24) is 14.4 Å². The molecule has 3 aromatic rings. The topological polar surface area (TPSA) is 59.5 Å². The van der Waals surface area contributed by atoms with E-state index in [4.69, 9.17) is 5.73 Å². The van der Waals surface area contributed by atoms with E-state index in [1.165, 1.54) is 5.56 Å². The van der Waals surface area contributed by atoms with Crippen molar-refractivity contribution in [2.45, 2.75) is 18.3 Å². The van der Waals surface area contributed by atoms with Crippen LogP contribution < -0.4 is 10.6 Å². The number of aromatic nitrogens is 3. The van der Waals surface area contributed by atoms with Crippen molar-refractivity contribution in [3.05, 3.63) is 59.0 Å². The Hall–Kier alpha value is -1.92. The molecule has 0 unspecified atom stereocenters. The van der Waals surface area contributed by atoms with Crippen LogP contribution in [0, 0.1) is 0 Å². The summed E-state index contributed by atoms with van der Waals surface area (Å²) < 4.78 is 2.95. The maximum Gasteiger partial charge on any atom is 0.211 e. The van der Waals surface area contributed by atoms with Crippen LogP contribution in [0.25, 0.3) is 5.65 Å². The van der Waals surface area contributed by atoms with Crippen LogP contribution in [0.5, 0.6) is 0 Å². The van der Waals surface area contributed by atoms with E-state index in [1.54, 1.807) is 0 Å². The Bertz CT molecular complexity index is 837. The first kappa shape index (κ1) is 15.6. The average Bonchev–Trinajstić information content (AvgIpc) is 3.14.